The Morgan fingerprint density at radius 3 is 2.55 bits per heavy atom. The summed E-state index contributed by atoms with van der Waals surface area (Å²) in [6.07, 6.45) is 0. The second kappa shape index (κ2) is 6.31. The first kappa shape index (κ1) is 14.2. The lowest BCUT2D eigenvalue weighted by molar-refractivity contribution is 0.178. The summed E-state index contributed by atoms with van der Waals surface area (Å²) in [6, 6.07) is 10.0. The minimum Gasteiger partial charge on any atom is -0.377 e. The van der Waals surface area contributed by atoms with Gasteiger partial charge in [-0.05, 0) is 19.1 Å². The molecule has 0 unspecified atom stereocenters. The van der Waals surface area contributed by atoms with Gasteiger partial charge in [0.1, 0.15) is 18.2 Å². The zero-order chi connectivity index (χ0) is 14.5. The van der Waals surface area contributed by atoms with Crippen molar-refractivity contribution in [2.75, 3.05) is 24.5 Å². The lowest BCUT2D eigenvalue weighted by atomic mass is 10.2. The van der Waals surface area contributed by atoms with Gasteiger partial charge in [-0.2, -0.15) is 0 Å². The molecule has 0 fully saturated rings. The molecule has 0 amide bonds. The average Bonchev–Trinajstić information content (AvgIpc) is 2.47. The van der Waals surface area contributed by atoms with E-state index < -0.39 is 0 Å². The van der Waals surface area contributed by atoms with Crippen LogP contribution in [0.25, 0.3) is 0 Å². The Kier molecular flexibility index (Phi) is 4.49. The fourth-order valence-electron chi connectivity index (χ4n) is 1.82. The standard InChI is InChI=1S/C14H19N5O/c1-10-4-6-11(7-5-10)19(2)14-8-12(18-15)16-13(17-14)9-20-3/h4-8H,9,15H2,1-3H3,(H,16,17,18). The van der Waals surface area contributed by atoms with Gasteiger partial charge >= 0.3 is 0 Å². The van der Waals surface area contributed by atoms with Crippen LogP contribution in [-0.2, 0) is 11.3 Å². The van der Waals surface area contributed by atoms with Gasteiger partial charge in [0, 0.05) is 25.9 Å². The molecule has 2 aromatic rings. The van der Waals surface area contributed by atoms with Crippen LogP contribution in [0, 0.1) is 6.92 Å². The number of nitrogens with zero attached hydrogens (tertiary/aromatic N) is 3. The van der Waals surface area contributed by atoms with Crippen LogP contribution in [0.15, 0.2) is 30.3 Å². The Balaban J connectivity index is 2.34. The summed E-state index contributed by atoms with van der Waals surface area (Å²) in [5, 5.41) is 0. The van der Waals surface area contributed by atoms with Gasteiger partial charge < -0.3 is 15.1 Å². The Hall–Kier alpha value is -2.18. The molecule has 1 aromatic carbocycles. The summed E-state index contributed by atoms with van der Waals surface area (Å²) in [4.78, 5) is 10.7. The second-order valence-corrected chi connectivity index (χ2v) is 4.50. The molecule has 0 bridgehead atoms. The van der Waals surface area contributed by atoms with Crippen LogP contribution < -0.4 is 16.2 Å². The third-order valence-corrected chi connectivity index (χ3v) is 2.95. The molecular formula is C14H19N5O. The van der Waals surface area contributed by atoms with E-state index in [4.69, 9.17) is 10.6 Å². The van der Waals surface area contributed by atoms with Crippen molar-refractivity contribution in [3.8, 4) is 0 Å². The lowest BCUT2D eigenvalue weighted by Crippen LogP contribution is -2.16. The van der Waals surface area contributed by atoms with Gasteiger partial charge in [0.25, 0.3) is 0 Å². The number of benzene rings is 1. The SMILES string of the molecule is COCc1nc(NN)cc(N(C)c2ccc(C)cc2)n1. The van der Waals surface area contributed by atoms with Crippen molar-refractivity contribution in [1.82, 2.24) is 9.97 Å². The van der Waals surface area contributed by atoms with E-state index in [2.05, 4.69) is 34.5 Å². The van der Waals surface area contributed by atoms with E-state index in [0.29, 0.717) is 18.2 Å². The number of hydrogen-bond acceptors (Lipinski definition) is 6. The fourth-order valence-corrected chi connectivity index (χ4v) is 1.82. The molecule has 0 saturated carbocycles. The third-order valence-electron chi connectivity index (χ3n) is 2.95. The van der Waals surface area contributed by atoms with Gasteiger partial charge in [-0.25, -0.2) is 15.8 Å². The number of hydrogen-bond donors (Lipinski definition) is 2. The summed E-state index contributed by atoms with van der Waals surface area (Å²) in [5.74, 6) is 7.33. The van der Waals surface area contributed by atoms with E-state index >= 15 is 0 Å². The van der Waals surface area contributed by atoms with Crippen molar-refractivity contribution in [3.63, 3.8) is 0 Å². The van der Waals surface area contributed by atoms with Gasteiger partial charge in [0.05, 0.1) is 0 Å². The minimum absolute atomic E-state index is 0.338. The molecule has 0 saturated heterocycles. The molecule has 0 aliphatic rings. The first-order valence-electron chi connectivity index (χ1n) is 6.28. The summed E-state index contributed by atoms with van der Waals surface area (Å²) in [6.45, 7) is 2.39. The van der Waals surface area contributed by atoms with Crippen LogP contribution in [0.5, 0.6) is 0 Å². The molecule has 2 rings (SSSR count). The highest BCUT2D eigenvalue weighted by Gasteiger charge is 2.09. The van der Waals surface area contributed by atoms with E-state index in [1.807, 2.05) is 24.1 Å². The molecule has 0 radical (unpaired) electrons. The van der Waals surface area contributed by atoms with Crippen LogP contribution in [0.4, 0.5) is 17.3 Å². The van der Waals surface area contributed by atoms with Crippen LogP contribution in [-0.4, -0.2) is 24.1 Å². The van der Waals surface area contributed by atoms with Crippen molar-refractivity contribution in [1.29, 1.82) is 0 Å². The largest absolute Gasteiger partial charge is 0.377 e. The number of nitrogens with two attached hydrogens (primary N) is 1. The molecule has 0 aliphatic carbocycles. The fraction of sp³-hybridized carbons (Fsp3) is 0.286. The van der Waals surface area contributed by atoms with E-state index in [-0.39, 0.29) is 0 Å². The third kappa shape index (κ3) is 3.23. The number of aryl methyl sites for hydroxylation is 1. The number of rotatable bonds is 5. The highest BCUT2D eigenvalue weighted by atomic mass is 16.5. The molecule has 6 heteroatoms. The van der Waals surface area contributed by atoms with Gasteiger partial charge in [-0.15, -0.1) is 0 Å². The lowest BCUT2D eigenvalue weighted by Gasteiger charge is -2.19. The maximum atomic E-state index is 5.44. The molecule has 6 nitrogen and oxygen atoms in total. The summed E-state index contributed by atoms with van der Waals surface area (Å²) < 4.78 is 5.07. The molecule has 1 aromatic heterocycles. The number of anilines is 3. The number of nitrogens with one attached hydrogen (secondary N) is 1. The zero-order valence-corrected chi connectivity index (χ0v) is 11.9. The van der Waals surface area contributed by atoms with Crippen LogP contribution in [0.1, 0.15) is 11.4 Å². The van der Waals surface area contributed by atoms with Crippen molar-refractivity contribution < 1.29 is 4.74 Å². The molecule has 0 aliphatic heterocycles. The first-order valence-corrected chi connectivity index (χ1v) is 6.28. The van der Waals surface area contributed by atoms with Crippen molar-refractivity contribution in [3.05, 3.63) is 41.7 Å². The van der Waals surface area contributed by atoms with Crippen molar-refractivity contribution in [2.45, 2.75) is 13.5 Å². The molecular weight excluding hydrogens is 254 g/mol. The van der Waals surface area contributed by atoms with Crippen LogP contribution in [0.2, 0.25) is 0 Å². The Labute approximate surface area is 118 Å². The number of aromatic nitrogens is 2. The smallest absolute Gasteiger partial charge is 0.158 e. The first-order chi connectivity index (χ1) is 9.63. The number of ether oxygens (including phenoxy) is 1. The van der Waals surface area contributed by atoms with Gasteiger partial charge in [-0.3, -0.25) is 0 Å². The summed E-state index contributed by atoms with van der Waals surface area (Å²) in [7, 11) is 3.55. The Bertz CT molecular complexity index is 570. The number of methoxy groups -OCH3 is 1. The normalized spacial score (nSPS) is 10.4. The maximum Gasteiger partial charge on any atom is 0.158 e. The summed E-state index contributed by atoms with van der Waals surface area (Å²) >= 11 is 0. The van der Waals surface area contributed by atoms with E-state index in [1.54, 1.807) is 13.2 Å². The van der Waals surface area contributed by atoms with Crippen LogP contribution in [0.3, 0.4) is 0 Å². The average molecular weight is 273 g/mol. The number of hydrazine groups is 1. The Morgan fingerprint density at radius 1 is 1.25 bits per heavy atom. The molecule has 20 heavy (non-hydrogen) atoms. The summed E-state index contributed by atoms with van der Waals surface area (Å²) in [5.41, 5.74) is 4.81. The van der Waals surface area contributed by atoms with E-state index in [9.17, 15) is 0 Å². The van der Waals surface area contributed by atoms with Crippen LogP contribution >= 0.6 is 0 Å². The highest BCUT2D eigenvalue weighted by molar-refractivity contribution is 5.61. The molecule has 0 atom stereocenters. The molecule has 106 valence electrons. The van der Waals surface area contributed by atoms with Gasteiger partial charge in [0.2, 0.25) is 0 Å². The monoisotopic (exact) mass is 273 g/mol. The quantitative estimate of drug-likeness (QED) is 0.641. The topological polar surface area (TPSA) is 76.3 Å². The molecule has 1 heterocycles. The zero-order valence-electron chi connectivity index (χ0n) is 11.9. The van der Waals surface area contributed by atoms with Crippen molar-refractivity contribution >= 4 is 17.3 Å². The maximum absolute atomic E-state index is 5.44. The van der Waals surface area contributed by atoms with Crippen molar-refractivity contribution in [2.24, 2.45) is 5.84 Å². The Morgan fingerprint density at radius 2 is 1.95 bits per heavy atom. The molecule has 3 N–H and O–H groups in total. The predicted molar refractivity (Wildman–Crippen MR) is 79.8 cm³/mol. The second-order valence-electron chi connectivity index (χ2n) is 4.50. The van der Waals surface area contributed by atoms with Gasteiger partial charge in [0.15, 0.2) is 5.82 Å². The van der Waals surface area contributed by atoms with E-state index in [1.165, 1.54) is 5.56 Å². The number of nitrogen functional groups attached to an aromatic ring is 1. The van der Waals surface area contributed by atoms with Gasteiger partial charge in [-0.1, -0.05) is 17.7 Å². The minimum atomic E-state index is 0.338. The molecule has 0 spiro atoms. The predicted octanol–water partition coefficient (Wildman–Crippen LogP) is 1.98. The highest BCUT2D eigenvalue weighted by Crippen LogP contribution is 2.23. The van der Waals surface area contributed by atoms with E-state index in [0.717, 1.165) is 11.5 Å².